The second-order valence-corrected chi connectivity index (χ2v) is 5.66. The lowest BCUT2D eigenvalue weighted by atomic mass is 10.1. The number of rotatable bonds is 6. The molecule has 4 N–H and O–H groups in total. The first kappa shape index (κ1) is 13.5. The molecule has 0 saturated carbocycles. The molecular formula is C10H20N4OS. The van der Waals surface area contributed by atoms with Crippen LogP contribution in [0.3, 0.4) is 0 Å². The van der Waals surface area contributed by atoms with Gasteiger partial charge in [0, 0.05) is 6.04 Å². The standard InChI is InChI=1S/C10H20N4OS/c1-7(11)4-5-16-6-8-13-9(14-15-8)10(2,3)12/h7H,4-6,11-12H2,1-3H3. The van der Waals surface area contributed by atoms with Crippen LogP contribution in [0, 0.1) is 0 Å². The van der Waals surface area contributed by atoms with E-state index in [0.717, 1.165) is 17.9 Å². The van der Waals surface area contributed by atoms with Crippen LogP contribution in [0.15, 0.2) is 4.52 Å². The predicted octanol–water partition coefficient (Wildman–Crippen LogP) is 1.23. The number of aromatic nitrogens is 2. The van der Waals surface area contributed by atoms with Gasteiger partial charge in [-0.3, -0.25) is 0 Å². The molecule has 1 heterocycles. The van der Waals surface area contributed by atoms with Gasteiger partial charge >= 0.3 is 0 Å². The maximum atomic E-state index is 5.86. The first-order valence-corrected chi connectivity index (χ1v) is 6.50. The number of hydrogen-bond acceptors (Lipinski definition) is 6. The van der Waals surface area contributed by atoms with Gasteiger partial charge in [0.25, 0.3) is 0 Å². The average molecular weight is 244 g/mol. The monoisotopic (exact) mass is 244 g/mol. The minimum atomic E-state index is -0.543. The van der Waals surface area contributed by atoms with Gasteiger partial charge in [0.05, 0.1) is 11.3 Å². The summed E-state index contributed by atoms with van der Waals surface area (Å²) in [6, 6.07) is 0.244. The Balaban J connectivity index is 2.36. The Hall–Kier alpha value is -0.590. The van der Waals surface area contributed by atoms with Crippen LogP contribution in [0.4, 0.5) is 0 Å². The van der Waals surface area contributed by atoms with Gasteiger partial charge in [-0.1, -0.05) is 5.16 Å². The summed E-state index contributed by atoms with van der Waals surface area (Å²) in [4.78, 5) is 4.24. The van der Waals surface area contributed by atoms with Gasteiger partial charge in [0.1, 0.15) is 0 Å². The lowest BCUT2D eigenvalue weighted by molar-refractivity contribution is 0.370. The molecule has 0 saturated heterocycles. The van der Waals surface area contributed by atoms with E-state index < -0.39 is 5.54 Å². The summed E-state index contributed by atoms with van der Waals surface area (Å²) in [6.07, 6.45) is 0.994. The lowest BCUT2D eigenvalue weighted by Gasteiger charge is -2.11. The van der Waals surface area contributed by atoms with E-state index in [-0.39, 0.29) is 6.04 Å². The van der Waals surface area contributed by atoms with Crippen molar-refractivity contribution in [2.45, 2.75) is 44.5 Å². The smallest absolute Gasteiger partial charge is 0.236 e. The third-order valence-corrected chi connectivity index (χ3v) is 2.96. The van der Waals surface area contributed by atoms with Gasteiger partial charge < -0.3 is 16.0 Å². The molecule has 1 aromatic rings. The molecule has 92 valence electrons. The van der Waals surface area contributed by atoms with Gasteiger partial charge in [0.2, 0.25) is 5.89 Å². The van der Waals surface area contributed by atoms with Crippen LogP contribution in [0.5, 0.6) is 0 Å². The molecule has 0 bridgehead atoms. The summed E-state index contributed by atoms with van der Waals surface area (Å²) in [7, 11) is 0. The minimum absolute atomic E-state index is 0.244. The number of hydrogen-bond donors (Lipinski definition) is 2. The van der Waals surface area contributed by atoms with Gasteiger partial charge in [0.15, 0.2) is 5.82 Å². The molecule has 0 amide bonds. The Bertz CT molecular complexity index is 319. The van der Waals surface area contributed by atoms with Crippen molar-refractivity contribution in [2.75, 3.05) is 5.75 Å². The molecule has 0 aliphatic carbocycles. The number of nitrogens with two attached hydrogens (primary N) is 2. The third-order valence-electron chi connectivity index (χ3n) is 1.99. The van der Waals surface area contributed by atoms with E-state index in [1.807, 2.05) is 20.8 Å². The highest BCUT2D eigenvalue weighted by atomic mass is 32.2. The fourth-order valence-corrected chi connectivity index (χ4v) is 1.98. The molecule has 0 aliphatic rings. The fraction of sp³-hybridized carbons (Fsp3) is 0.800. The second kappa shape index (κ2) is 5.65. The largest absolute Gasteiger partial charge is 0.338 e. The highest BCUT2D eigenvalue weighted by Gasteiger charge is 2.21. The molecule has 0 radical (unpaired) electrons. The summed E-state index contributed by atoms with van der Waals surface area (Å²) in [5.41, 5.74) is 11.0. The van der Waals surface area contributed by atoms with E-state index in [4.69, 9.17) is 16.0 Å². The normalized spacial score (nSPS) is 14.1. The molecule has 0 aliphatic heterocycles. The first-order valence-electron chi connectivity index (χ1n) is 5.35. The van der Waals surface area contributed by atoms with Gasteiger partial charge in [-0.05, 0) is 32.9 Å². The molecule has 5 nitrogen and oxygen atoms in total. The van der Waals surface area contributed by atoms with Crippen molar-refractivity contribution in [1.29, 1.82) is 0 Å². The van der Waals surface area contributed by atoms with E-state index in [9.17, 15) is 0 Å². The zero-order valence-corrected chi connectivity index (χ0v) is 10.9. The molecule has 1 unspecified atom stereocenters. The topological polar surface area (TPSA) is 91.0 Å². The van der Waals surface area contributed by atoms with E-state index >= 15 is 0 Å². The predicted molar refractivity (Wildman–Crippen MR) is 65.9 cm³/mol. The number of thioether (sulfide) groups is 1. The first-order chi connectivity index (χ1) is 7.39. The second-order valence-electron chi connectivity index (χ2n) is 4.55. The zero-order valence-electron chi connectivity index (χ0n) is 10.1. The van der Waals surface area contributed by atoms with Crippen molar-refractivity contribution in [2.24, 2.45) is 11.5 Å². The molecule has 0 spiro atoms. The molecule has 0 aromatic carbocycles. The van der Waals surface area contributed by atoms with Gasteiger partial charge in [-0.15, -0.1) is 0 Å². The van der Waals surface area contributed by atoms with Gasteiger partial charge in [-0.2, -0.15) is 16.7 Å². The highest BCUT2D eigenvalue weighted by Crippen LogP contribution is 2.16. The molecule has 6 heteroatoms. The van der Waals surface area contributed by atoms with E-state index in [1.54, 1.807) is 11.8 Å². The third kappa shape index (κ3) is 4.51. The molecule has 1 atom stereocenters. The van der Waals surface area contributed by atoms with E-state index in [0.29, 0.717) is 11.7 Å². The Kier molecular flexibility index (Phi) is 4.76. The Morgan fingerprint density at radius 1 is 1.50 bits per heavy atom. The van der Waals surface area contributed by atoms with Crippen LogP contribution in [0.1, 0.15) is 38.9 Å². The van der Waals surface area contributed by atoms with Crippen molar-refractivity contribution in [3.05, 3.63) is 11.7 Å². The lowest BCUT2D eigenvalue weighted by Crippen LogP contribution is -2.30. The molecular weight excluding hydrogens is 224 g/mol. The minimum Gasteiger partial charge on any atom is -0.338 e. The summed E-state index contributed by atoms with van der Waals surface area (Å²) in [5, 5.41) is 3.85. The average Bonchev–Trinajstić information content (AvgIpc) is 2.59. The quantitative estimate of drug-likeness (QED) is 0.731. The van der Waals surface area contributed by atoms with Crippen LogP contribution >= 0.6 is 11.8 Å². The van der Waals surface area contributed by atoms with Crippen LogP contribution in [-0.2, 0) is 11.3 Å². The fourth-order valence-electron chi connectivity index (χ4n) is 1.00. The molecule has 1 rings (SSSR count). The van der Waals surface area contributed by atoms with Crippen molar-refractivity contribution < 1.29 is 4.52 Å². The van der Waals surface area contributed by atoms with Crippen LogP contribution in [-0.4, -0.2) is 21.9 Å². The van der Waals surface area contributed by atoms with Crippen molar-refractivity contribution >= 4 is 11.8 Å². The van der Waals surface area contributed by atoms with E-state index in [1.165, 1.54) is 0 Å². The van der Waals surface area contributed by atoms with Crippen LogP contribution in [0.25, 0.3) is 0 Å². The SMILES string of the molecule is CC(N)CCSCc1nc(C(C)(C)N)no1. The summed E-state index contributed by atoms with van der Waals surface area (Å²) >= 11 is 1.74. The Labute approximate surface area is 100 Å². The highest BCUT2D eigenvalue weighted by molar-refractivity contribution is 7.98. The van der Waals surface area contributed by atoms with Crippen LogP contribution < -0.4 is 11.5 Å². The van der Waals surface area contributed by atoms with E-state index in [2.05, 4.69) is 10.1 Å². The summed E-state index contributed by atoms with van der Waals surface area (Å²) in [6.45, 7) is 5.71. The van der Waals surface area contributed by atoms with Crippen molar-refractivity contribution in [1.82, 2.24) is 10.1 Å². The Morgan fingerprint density at radius 2 is 2.19 bits per heavy atom. The summed E-state index contributed by atoms with van der Waals surface area (Å²) < 4.78 is 5.11. The van der Waals surface area contributed by atoms with Crippen molar-refractivity contribution in [3.8, 4) is 0 Å². The van der Waals surface area contributed by atoms with Crippen LogP contribution in [0.2, 0.25) is 0 Å². The molecule has 0 fully saturated rings. The molecule has 16 heavy (non-hydrogen) atoms. The van der Waals surface area contributed by atoms with Crippen molar-refractivity contribution in [3.63, 3.8) is 0 Å². The Morgan fingerprint density at radius 3 is 2.69 bits per heavy atom. The molecule has 1 aromatic heterocycles. The number of nitrogens with zero attached hydrogens (tertiary/aromatic N) is 2. The zero-order chi connectivity index (χ0) is 12.2. The maximum absolute atomic E-state index is 5.86. The summed E-state index contributed by atoms with van der Waals surface area (Å²) in [5.74, 6) is 2.90. The van der Waals surface area contributed by atoms with Gasteiger partial charge in [-0.25, -0.2) is 0 Å². The maximum Gasteiger partial charge on any atom is 0.236 e.